The highest BCUT2D eigenvalue weighted by Gasteiger charge is 2.16. The molecule has 25 heavy (non-hydrogen) atoms. The Hall–Kier alpha value is -3.16. The Morgan fingerprint density at radius 2 is 1.96 bits per heavy atom. The number of ether oxygens (including phenoxy) is 1. The molecule has 0 radical (unpaired) electrons. The number of rotatable bonds is 4. The van der Waals surface area contributed by atoms with Crippen molar-refractivity contribution in [3.8, 4) is 5.75 Å². The molecule has 0 saturated heterocycles. The van der Waals surface area contributed by atoms with Gasteiger partial charge in [-0.25, -0.2) is 18.9 Å². The summed E-state index contributed by atoms with van der Waals surface area (Å²) in [7, 11) is 1.53. The van der Waals surface area contributed by atoms with Gasteiger partial charge in [-0.15, -0.1) is 5.10 Å². The number of hydrogen-bond donors (Lipinski definition) is 1. The van der Waals surface area contributed by atoms with Crippen molar-refractivity contribution in [3.05, 3.63) is 51.8 Å². The zero-order valence-electron chi connectivity index (χ0n) is 14.5. The minimum atomic E-state index is -0.390. The molecule has 130 valence electrons. The first kappa shape index (κ1) is 16.7. The molecule has 2 heterocycles. The Morgan fingerprint density at radius 3 is 2.68 bits per heavy atom. The normalized spacial score (nSPS) is 10.9. The van der Waals surface area contributed by atoms with E-state index < -0.39 is 5.69 Å². The number of anilines is 1. The summed E-state index contributed by atoms with van der Waals surface area (Å²) in [6.45, 7) is 5.25. The third kappa shape index (κ3) is 2.98. The number of para-hydroxylation sites is 2. The molecule has 2 aromatic heterocycles. The summed E-state index contributed by atoms with van der Waals surface area (Å²) in [6.07, 6.45) is 0. The van der Waals surface area contributed by atoms with E-state index in [0.717, 1.165) is 15.9 Å². The number of carbonyl (C=O) groups is 1. The van der Waals surface area contributed by atoms with Crippen LogP contribution in [0.25, 0.3) is 5.65 Å². The number of aryl methyl sites for hydroxylation is 3. The van der Waals surface area contributed by atoms with E-state index in [1.54, 1.807) is 25.1 Å². The zero-order valence-corrected chi connectivity index (χ0v) is 14.5. The summed E-state index contributed by atoms with van der Waals surface area (Å²) in [5.74, 6) is 0.721. The molecule has 1 amide bonds. The highest BCUT2D eigenvalue weighted by Crippen LogP contribution is 2.22. The lowest BCUT2D eigenvalue weighted by Crippen LogP contribution is -2.29. The first-order chi connectivity index (χ1) is 11.9. The summed E-state index contributed by atoms with van der Waals surface area (Å²) < 4.78 is 7.76. The molecule has 0 aliphatic rings. The Kier molecular flexibility index (Phi) is 4.26. The van der Waals surface area contributed by atoms with Crippen molar-refractivity contribution >= 4 is 17.2 Å². The number of hydrogen-bond acceptors (Lipinski definition) is 5. The Bertz CT molecular complexity index is 1020. The highest BCUT2D eigenvalue weighted by atomic mass is 16.5. The predicted octanol–water partition coefficient (Wildman–Crippen LogP) is 1.46. The van der Waals surface area contributed by atoms with Gasteiger partial charge in [0.15, 0.2) is 5.65 Å². The van der Waals surface area contributed by atoms with Gasteiger partial charge in [-0.3, -0.25) is 4.79 Å². The molecule has 1 N–H and O–H groups in total. The number of benzene rings is 1. The van der Waals surface area contributed by atoms with Crippen LogP contribution in [-0.2, 0) is 11.3 Å². The topological polar surface area (TPSA) is 90.5 Å². The van der Waals surface area contributed by atoms with Crippen LogP contribution in [0.2, 0.25) is 0 Å². The SMILES string of the molecule is COc1ccccc1NC(=O)Cn1nc2c(C)c(C)nc(C)n2c1=O. The number of nitrogens with zero attached hydrogens (tertiary/aromatic N) is 4. The third-order valence-electron chi connectivity index (χ3n) is 4.04. The average Bonchev–Trinajstić information content (AvgIpc) is 2.90. The third-order valence-corrected chi connectivity index (χ3v) is 4.04. The van der Waals surface area contributed by atoms with Crippen molar-refractivity contribution < 1.29 is 9.53 Å². The maximum absolute atomic E-state index is 12.5. The standard InChI is InChI=1S/C17H19N5O3/c1-10-11(2)18-12(3)22-16(10)20-21(17(22)24)9-15(23)19-13-7-5-6-8-14(13)25-4/h5-8H,9H2,1-4H3,(H,19,23). The highest BCUT2D eigenvalue weighted by molar-refractivity contribution is 5.92. The first-order valence-electron chi connectivity index (χ1n) is 7.78. The minimum absolute atomic E-state index is 0.198. The van der Waals surface area contributed by atoms with Crippen LogP contribution in [0, 0.1) is 20.8 Å². The summed E-state index contributed by atoms with van der Waals surface area (Å²) >= 11 is 0. The maximum atomic E-state index is 12.5. The van der Waals surface area contributed by atoms with Crippen LogP contribution in [0.1, 0.15) is 17.1 Å². The van der Waals surface area contributed by atoms with Gasteiger partial charge < -0.3 is 10.1 Å². The van der Waals surface area contributed by atoms with Crippen molar-refractivity contribution in [1.29, 1.82) is 0 Å². The average molecular weight is 341 g/mol. The van der Waals surface area contributed by atoms with Crippen LogP contribution in [-0.4, -0.2) is 32.2 Å². The van der Waals surface area contributed by atoms with Crippen molar-refractivity contribution in [2.75, 3.05) is 12.4 Å². The Balaban J connectivity index is 1.92. The lowest BCUT2D eigenvalue weighted by atomic mass is 10.2. The fraction of sp³-hybridized carbons (Fsp3) is 0.294. The van der Waals surface area contributed by atoms with Crippen LogP contribution in [0.3, 0.4) is 0 Å². The van der Waals surface area contributed by atoms with Crippen molar-refractivity contribution in [1.82, 2.24) is 19.2 Å². The van der Waals surface area contributed by atoms with Gasteiger partial charge >= 0.3 is 5.69 Å². The number of methoxy groups -OCH3 is 1. The Morgan fingerprint density at radius 1 is 1.24 bits per heavy atom. The van der Waals surface area contributed by atoms with Gasteiger partial charge in [-0.1, -0.05) is 12.1 Å². The second-order valence-electron chi connectivity index (χ2n) is 5.72. The molecule has 0 fully saturated rings. The molecular formula is C17H19N5O3. The van der Waals surface area contributed by atoms with Crippen LogP contribution in [0.15, 0.2) is 29.1 Å². The summed E-state index contributed by atoms with van der Waals surface area (Å²) in [5, 5.41) is 7.03. The van der Waals surface area contributed by atoms with Crippen molar-refractivity contribution in [3.63, 3.8) is 0 Å². The molecule has 0 aliphatic carbocycles. The minimum Gasteiger partial charge on any atom is -0.495 e. The first-order valence-corrected chi connectivity index (χ1v) is 7.78. The fourth-order valence-electron chi connectivity index (χ4n) is 2.66. The van der Waals surface area contributed by atoms with Crippen molar-refractivity contribution in [2.24, 2.45) is 0 Å². The van der Waals surface area contributed by atoms with Gasteiger partial charge in [0.1, 0.15) is 18.1 Å². The van der Waals surface area contributed by atoms with E-state index >= 15 is 0 Å². The van der Waals surface area contributed by atoms with E-state index in [-0.39, 0.29) is 12.5 Å². The number of carbonyl (C=O) groups excluding carboxylic acids is 1. The van der Waals surface area contributed by atoms with Crippen LogP contribution in [0.4, 0.5) is 5.69 Å². The molecule has 0 aliphatic heterocycles. The molecule has 0 bridgehead atoms. The lowest BCUT2D eigenvalue weighted by molar-refractivity contribution is -0.117. The quantitative estimate of drug-likeness (QED) is 0.776. The summed E-state index contributed by atoms with van der Waals surface area (Å²) in [4.78, 5) is 29.2. The molecule has 3 rings (SSSR count). The van der Waals surface area contributed by atoms with Crippen LogP contribution >= 0.6 is 0 Å². The Labute approximate surface area is 144 Å². The predicted molar refractivity (Wildman–Crippen MR) is 93.1 cm³/mol. The molecule has 1 aromatic carbocycles. The van der Waals surface area contributed by atoms with Crippen LogP contribution in [0.5, 0.6) is 5.75 Å². The second kappa shape index (κ2) is 6.39. The molecule has 0 atom stereocenters. The smallest absolute Gasteiger partial charge is 0.352 e. The van der Waals surface area contributed by atoms with Gasteiger partial charge in [0.05, 0.1) is 12.8 Å². The molecule has 0 spiro atoms. The van der Waals surface area contributed by atoms with Gasteiger partial charge in [-0.05, 0) is 32.9 Å². The summed E-state index contributed by atoms with van der Waals surface area (Å²) in [6, 6.07) is 7.07. The van der Waals surface area contributed by atoms with E-state index in [9.17, 15) is 9.59 Å². The molecule has 3 aromatic rings. The zero-order chi connectivity index (χ0) is 18.1. The van der Waals surface area contributed by atoms with E-state index in [2.05, 4.69) is 15.4 Å². The summed E-state index contributed by atoms with van der Waals surface area (Å²) in [5.41, 5.74) is 2.28. The van der Waals surface area contributed by atoms with Crippen molar-refractivity contribution in [2.45, 2.75) is 27.3 Å². The van der Waals surface area contributed by atoms with E-state index in [0.29, 0.717) is 22.9 Å². The van der Waals surface area contributed by atoms with Gasteiger partial charge in [-0.2, -0.15) is 0 Å². The molecular weight excluding hydrogens is 322 g/mol. The second-order valence-corrected chi connectivity index (χ2v) is 5.72. The molecule has 0 unspecified atom stereocenters. The number of amides is 1. The number of fused-ring (bicyclic) bond motifs is 1. The number of nitrogens with one attached hydrogen (secondary N) is 1. The lowest BCUT2D eigenvalue weighted by Gasteiger charge is -2.09. The van der Waals surface area contributed by atoms with E-state index in [4.69, 9.17) is 4.74 Å². The van der Waals surface area contributed by atoms with E-state index in [1.807, 2.05) is 19.9 Å². The monoisotopic (exact) mass is 341 g/mol. The largest absolute Gasteiger partial charge is 0.495 e. The molecule has 8 nitrogen and oxygen atoms in total. The molecule has 8 heteroatoms. The van der Waals surface area contributed by atoms with Crippen LogP contribution < -0.4 is 15.7 Å². The molecule has 0 saturated carbocycles. The number of aromatic nitrogens is 4. The van der Waals surface area contributed by atoms with Gasteiger partial charge in [0.2, 0.25) is 5.91 Å². The van der Waals surface area contributed by atoms with E-state index in [1.165, 1.54) is 11.5 Å². The van der Waals surface area contributed by atoms with Gasteiger partial charge in [0.25, 0.3) is 0 Å². The van der Waals surface area contributed by atoms with Gasteiger partial charge in [0, 0.05) is 11.3 Å². The fourth-order valence-corrected chi connectivity index (χ4v) is 2.66. The maximum Gasteiger partial charge on any atom is 0.352 e.